The van der Waals surface area contributed by atoms with Crippen LogP contribution in [0.15, 0.2) is 24.3 Å². The minimum absolute atomic E-state index is 0.0305. The average molecular weight is 400 g/mol. The molecule has 1 aromatic rings. The zero-order valence-corrected chi connectivity index (χ0v) is 17.0. The normalized spacial score (nSPS) is 18.3. The molecule has 0 aromatic carbocycles. The van der Waals surface area contributed by atoms with Gasteiger partial charge in [0.15, 0.2) is 0 Å². The van der Waals surface area contributed by atoms with Gasteiger partial charge >= 0.3 is 5.97 Å². The van der Waals surface area contributed by atoms with Crippen molar-refractivity contribution in [1.82, 2.24) is 4.90 Å². The van der Waals surface area contributed by atoms with Crippen LogP contribution >= 0.6 is 11.3 Å². The monoisotopic (exact) mass is 399 g/mol. The van der Waals surface area contributed by atoms with Crippen molar-refractivity contribution in [1.29, 1.82) is 0 Å². The van der Waals surface area contributed by atoms with E-state index in [1.54, 1.807) is 17.0 Å². The number of aliphatic hydroxyl groups is 1. The quantitative estimate of drug-likeness (QED) is 0.569. The fourth-order valence-electron chi connectivity index (χ4n) is 2.80. The number of nitrogens with zero attached hydrogens (tertiary/aromatic N) is 1. The lowest BCUT2D eigenvalue weighted by Crippen LogP contribution is -2.32. The molecule has 6 heteroatoms. The van der Waals surface area contributed by atoms with Gasteiger partial charge in [0.05, 0.1) is 23.6 Å². The van der Waals surface area contributed by atoms with Gasteiger partial charge in [-0.15, -0.1) is 23.2 Å². The van der Waals surface area contributed by atoms with Crippen molar-refractivity contribution in [3.05, 3.63) is 34.0 Å². The summed E-state index contributed by atoms with van der Waals surface area (Å²) in [6, 6.07) is 3.11. The molecule has 0 radical (unpaired) electrons. The van der Waals surface area contributed by atoms with Crippen LogP contribution in [0.2, 0.25) is 0 Å². The molecule has 1 aliphatic rings. The summed E-state index contributed by atoms with van der Waals surface area (Å²) in [5.74, 6) is 11.0. The molecule has 1 unspecified atom stereocenters. The number of thiophene rings is 1. The van der Waals surface area contributed by atoms with Crippen LogP contribution in [-0.2, 0) is 4.79 Å². The zero-order chi connectivity index (χ0) is 20.5. The van der Waals surface area contributed by atoms with Crippen LogP contribution in [0.3, 0.4) is 0 Å². The topological polar surface area (TPSA) is 77.8 Å². The van der Waals surface area contributed by atoms with E-state index in [1.165, 1.54) is 6.07 Å². The van der Waals surface area contributed by atoms with Crippen molar-refractivity contribution >= 4 is 23.2 Å². The summed E-state index contributed by atoms with van der Waals surface area (Å²) in [6.07, 6.45) is 5.65. The molecule has 2 rings (SSSR count). The molecular formula is C22H25NO4S. The summed E-state index contributed by atoms with van der Waals surface area (Å²) in [5, 5.41) is 19.2. The zero-order valence-electron chi connectivity index (χ0n) is 16.1. The summed E-state index contributed by atoms with van der Waals surface area (Å²) in [4.78, 5) is 25.7. The minimum Gasteiger partial charge on any atom is -0.477 e. The van der Waals surface area contributed by atoms with Crippen molar-refractivity contribution in [3.63, 3.8) is 0 Å². The van der Waals surface area contributed by atoms with E-state index in [2.05, 4.69) is 23.7 Å². The van der Waals surface area contributed by atoms with E-state index in [9.17, 15) is 14.7 Å². The van der Waals surface area contributed by atoms with Gasteiger partial charge < -0.3 is 15.1 Å². The first-order valence-corrected chi connectivity index (χ1v) is 10.2. The summed E-state index contributed by atoms with van der Waals surface area (Å²) < 4.78 is 0. The van der Waals surface area contributed by atoms with E-state index in [1.807, 2.05) is 19.9 Å². The number of hydrogen-bond donors (Lipinski definition) is 2. The minimum atomic E-state index is -0.966. The predicted molar refractivity (Wildman–Crippen MR) is 110 cm³/mol. The number of hydrogen-bond acceptors (Lipinski definition) is 4. The van der Waals surface area contributed by atoms with Crippen molar-refractivity contribution in [2.75, 3.05) is 6.54 Å². The molecular weight excluding hydrogens is 374 g/mol. The predicted octanol–water partition coefficient (Wildman–Crippen LogP) is 3.15. The van der Waals surface area contributed by atoms with E-state index in [4.69, 9.17) is 5.11 Å². The van der Waals surface area contributed by atoms with Gasteiger partial charge in [0.25, 0.3) is 0 Å². The van der Waals surface area contributed by atoms with Crippen molar-refractivity contribution in [2.24, 2.45) is 5.92 Å². The molecule has 0 aliphatic carbocycles. The Labute approximate surface area is 170 Å². The lowest BCUT2D eigenvalue weighted by molar-refractivity contribution is -0.127. The second-order valence-electron chi connectivity index (χ2n) is 6.66. The maximum Gasteiger partial charge on any atom is 0.345 e. The summed E-state index contributed by atoms with van der Waals surface area (Å²) in [7, 11) is 0. The first-order chi connectivity index (χ1) is 13.4. The molecule has 3 atom stereocenters. The van der Waals surface area contributed by atoms with E-state index in [-0.39, 0.29) is 29.3 Å². The van der Waals surface area contributed by atoms with Crippen LogP contribution in [0, 0.1) is 29.6 Å². The van der Waals surface area contributed by atoms with E-state index in [0.29, 0.717) is 24.1 Å². The standard InChI is InChI=1S/C22H25NO4S/c1-3-4-5-7-16(2)19(24)12-9-17-10-14-21(25)23(17)15-6-8-18-11-13-20(28-18)22(26)27/h9,11-13,16-17,19,24H,3,7,10,14-15H2,1-2H3,(H,26,27)/b12-9+/t16?,17-,19-/m0/s1. The lowest BCUT2D eigenvalue weighted by atomic mass is 10.00. The number of carboxylic acids is 1. The van der Waals surface area contributed by atoms with Crippen LogP contribution in [0.1, 0.15) is 54.1 Å². The number of rotatable bonds is 6. The van der Waals surface area contributed by atoms with Gasteiger partial charge in [0.2, 0.25) is 5.91 Å². The highest BCUT2D eigenvalue weighted by atomic mass is 32.1. The second-order valence-corrected chi connectivity index (χ2v) is 7.75. The maximum absolute atomic E-state index is 12.1. The average Bonchev–Trinajstić information content (AvgIpc) is 3.27. The van der Waals surface area contributed by atoms with Crippen LogP contribution < -0.4 is 0 Å². The van der Waals surface area contributed by atoms with Crippen LogP contribution in [0.4, 0.5) is 0 Å². The Balaban J connectivity index is 1.95. The van der Waals surface area contributed by atoms with Crippen LogP contribution in [0.5, 0.6) is 0 Å². The van der Waals surface area contributed by atoms with E-state index < -0.39 is 12.1 Å². The fraction of sp³-hybridized carbons (Fsp3) is 0.455. The third-order valence-electron chi connectivity index (χ3n) is 4.49. The van der Waals surface area contributed by atoms with E-state index in [0.717, 1.165) is 17.8 Å². The lowest BCUT2D eigenvalue weighted by Gasteiger charge is -2.20. The Morgan fingerprint density at radius 3 is 2.86 bits per heavy atom. The van der Waals surface area contributed by atoms with Gasteiger partial charge in [-0.1, -0.05) is 37.8 Å². The molecule has 1 aliphatic heterocycles. The Bertz CT molecular complexity index is 849. The third-order valence-corrected chi connectivity index (χ3v) is 5.48. The van der Waals surface area contributed by atoms with Gasteiger partial charge in [-0.3, -0.25) is 4.79 Å². The molecule has 1 fully saturated rings. The number of aliphatic hydroxyl groups excluding tert-OH is 1. The van der Waals surface area contributed by atoms with Crippen LogP contribution in [-0.4, -0.2) is 45.7 Å². The number of likely N-dealkylation sites (tertiary alicyclic amines) is 1. The third kappa shape index (κ3) is 6.27. The van der Waals surface area contributed by atoms with Gasteiger partial charge in [-0.25, -0.2) is 4.79 Å². The van der Waals surface area contributed by atoms with Gasteiger partial charge in [-0.05, 0) is 24.5 Å². The van der Waals surface area contributed by atoms with E-state index >= 15 is 0 Å². The molecule has 1 amide bonds. The SMILES string of the molecule is CCC#CCC(C)[C@@H](O)/C=C/[C@H]1CCC(=O)N1CC#Cc1ccc(C(=O)O)s1. The molecule has 5 nitrogen and oxygen atoms in total. The highest BCUT2D eigenvalue weighted by Gasteiger charge is 2.28. The van der Waals surface area contributed by atoms with Crippen molar-refractivity contribution in [2.45, 2.75) is 51.7 Å². The number of aromatic carboxylic acids is 1. The Morgan fingerprint density at radius 1 is 1.39 bits per heavy atom. The largest absolute Gasteiger partial charge is 0.477 e. The molecule has 148 valence electrons. The highest BCUT2D eigenvalue weighted by Crippen LogP contribution is 2.21. The number of carbonyl (C=O) groups is 2. The molecule has 0 bridgehead atoms. The molecule has 0 saturated carbocycles. The molecule has 2 N–H and O–H groups in total. The summed E-state index contributed by atoms with van der Waals surface area (Å²) in [6.45, 7) is 4.22. The van der Waals surface area contributed by atoms with Gasteiger partial charge in [0, 0.05) is 19.3 Å². The molecule has 0 spiro atoms. The number of carboxylic acid groups (broad SMARTS) is 1. The maximum atomic E-state index is 12.1. The van der Waals surface area contributed by atoms with Crippen molar-refractivity contribution < 1.29 is 19.8 Å². The highest BCUT2D eigenvalue weighted by molar-refractivity contribution is 7.14. The number of carbonyl (C=O) groups excluding carboxylic acids is 1. The first-order valence-electron chi connectivity index (χ1n) is 9.36. The van der Waals surface area contributed by atoms with Gasteiger partial charge in [-0.2, -0.15) is 0 Å². The molecule has 2 heterocycles. The first kappa shape index (κ1) is 21.8. The Hall–Kier alpha value is -2.54. The number of amides is 1. The van der Waals surface area contributed by atoms with Crippen LogP contribution in [0.25, 0.3) is 0 Å². The fourth-order valence-corrected chi connectivity index (χ4v) is 3.52. The Morgan fingerprint density at radius 2 is 2.18 bits per heavy atom. The summed E-state index contributed by atoms with van der Waals surface area (Å²) in [5.41, 5.74) is 0. The second kappa shape index (κ2) is 10.7. The smallest absolute Gasteiger partial charge is 0.345 e. The van der Waals surface area contributed by atoms with Gasteiger partial charge in [0.1, 0.15) is 4.88 Å². The summed E-state index contributed by atoms with van der Waals surface area (Å²) >= 11 is 1.12. The van der Waals surface area contributed by atoms with Crippen molar-refractivity contribution in [3.8, 4) is 23.7 Å². The molecule has 1 aromatic heterocycles. The molecule has 1 saturated heterocycles. The Kier molecular flexibility index (Phi) is 8.32. The molecule has 28 heavy (non-hydrogen) atoms.